The molecule has 0 spiro atoms. The first-order valence-corrected chi connectivity index (χ1v) is 10.2. The summed E-state index contributed by atoms with van der Waals surface area (Å²) in [5.41, 5.74) is -3.34. The van der Waals surface area contributed by atoms with Crippen molar-refractivity contribution in [2.45, 2.75) is 31.3 Å². The summed E-state index contributed by atoms with van der Waals surface area (Å²) in [6.45, 7) is 0.628. The van der Waals surface area contributed by atoms with Crippen molar-refractivity contribution in [3.05, 3.63) is 89.0 Å². The monoisotopic (exact) mass is 469 g/mol. The van der Waals surface area contributed by atoms with Gasteiger partial charge in [0.05, 0.1) is 17.2 Å². The van der Waals surface area contributed by atoms with Gasteiger partial charge in [-0.1, -0.05) is 48.6 Å². The Morgan fingerprint density at radius 1 is 0.848 bits per heavy atom. The maximum absolute atomic E-state index is 13.6. The molecule has 1 aliphatic rings. The van der Waals surface area contributed by atoms with Crippen LogP contribution in [0.15, 0.2) is 66.8 Å². The predicted molar refractivity (Wildman–Crippen MR) is 111 cm³/mol. The summed E-state index contributed by atoms with van der Waals surface area (Å²) in [7, 11) is 0. The zero-order valence-corrected chi connectivity index (χ0v) is 17.3. The molecule has 0 radical (unpaired) electrons. The van der Waals surface area contributed by atoms with E-state index in [-0.39, 0.29) is 5.57 Å². The maximum atomic E-state index is 13.6. The van der Waals surface area contributed by atoms with E-state index in [9.17, 15) is 36.2 Å². The second-order valence-electron chi connectivity index (χ2n) is 7.58. The lowest BCUT2D eigenvalue weighted by atomic mass is 9.90. The van der Waals surface area contributed by atoms with Crippen LogP contribution in [0.2, 0.25) is 0 Å². The van der Waals surface area contributed by atoms with E-state index >= 15 is 0 Å². The van der Waals surface area contributed by atoms with Crippen molar-refractivity contribution in [1.82, 2.24) is 4.90 Å². The SMILES string of the molecule is O=C(C=CC=C(c1ccccc1C(F)(F)F)c1ccccc1C(F)(F)F)N1CCC(O)CC1. The standard InChI is InChI=1S/C24H21F6NO2/c25-23(26,27)20-9-3-1-6-18(20)17(19-7-2-4-10-21(19)24(28,29)30)8-5-11-22(33)31-14-12-16(32)13-15-31/h1-11,16,32H,12-15H2. The average molecular weight is 469 g/mol. The van der Waals surface area contributed by atoms with Crippen molar-refractivity contribution >= 4 is 11.5 Å². The van der Waals surface area contributed by atoms with Crippen molar-refractivity contribution in [3.63, 3.8) is 0 Å². The van der Waals surface area contributed by atoms with Gasteiger partial charge in [-0.25, -0.2) is 0 Å². The van der Waals surface area contributed by atoms with Crippen LogP contribution in [0.3, 0.4) is 0 Å². The molecule has 1 amide bonds. The summed E-state index contributed by atoms with van der Waals surface area (Å²) in [5.74, 6) is -0.439. The molecule has 1 saturated heterocycles. The minimum atomic E-state index is -4.79. The number of allylic oxidation sites excluding steroid dienone is 2. The van der Waals surface area contributed by atoms with Crippen molar-refractivity contribution < 1.29 is 36.2 Å². The zero-order valence-electron chi connectivity index (χ0n) is 17.3. The van der Waals surface area contributed by atoms with Crippen molar-refractivity contribution in [1.29, 1.82) is 0 Å². The van der Waals surface area contributed by atoms with E-state index in [2.05, 4.69) is 0 Å². The number of likely N-dealkylation sites (tertiary alicyclic amines) is 1. The highest BCUT2D eigenvalue weighted by Crippen LogP contribution is 2.41. The molecule has 0 unspecified atom stereocenters. The first-order chi connectivity index (χ1) is 15.5. The highest BCUT2D eigenvalue weighted by molar-refractivity contribution is 5.89. The van der Waals surface area contributed by atoms with E-state index in [1.54, 1.807) is 0 Å². The van der Waals surface area contributed by atoms with Crippen LogP contribution in [0.25, 0.3) is 5.57 Å². The fraction of sp³-hybridized carbons (Fsp3) is 0.292. The summed E-state index contributed by atoms with van der Waals surface area (Å²) in [5, 5.41) is 9.54. The topological polar surface area (TPSA) is 40.5 Å². The Hall–Kier alpha value is -3.07. The third kappa shape index (κ3) is 6.04. The fourth-order valence-electron chi connectivity index (χ4n) is 3.67. The van der Waals surface area contributed by atoms with Crippen LogP contribution in [0.4, 0.5) is 26.3 Å². The number of aliphatic hydroxyl groups excluding tert-OH is 1. The normalized spacial score (nSPS) is 15.7. The molecule has 1 heterocycles. The van der Waals surface area contributed by atoms with Crippen LogP contribution < -0.4 is 0 Å². The number of carbonyl (C=O) groups excluding carboxylic acids is 1. The molecule has 176 valence electrons. The van der Waals surface area contributed by atoms with Crippen molar-refractivity contribution in [3.8, 4) is 0 Å². The van der Waals surface area contributed by atoms with Gasteiger partial charge in [0.1, 0.15) is 0 Å². The van der Waals surface area contributed by atoms with E-state index in [4.69, 9.17) is 0 Å². The van der Waals surface area contributed by atoms with E-state index in [1.807, 2.05) is 0 Å². The van der Waals surface area contributed by atoms with Gasteiger partial charge in [0.15, 0.2) is 0 Å². The second kappa shape index (κ2) is 9.82. The number of carbonyl (C=O) groups is 1. The lowest BCUT2D eigenvalue weighted by Gasteiger charge is -2.28. The maximum Gasteiger partial charge on any atom is 0.417 e. The Bertz CT molecular complexity index is 988. The number of halogens is 6. The van der Waals surface area contributed by atoms with Crippen molar-refractivity contribution in [2.24, 2.45) is 0 Å². The average Bonchev–Trinajstić information content (AvgIpc) is 2.76. The molecule has 0 saturated carbocycles. The quantitative estimate of drug-likeness (QED) is 0.355. The Kier molecular flexibility index (Phi) is 7.31. The molecule has 1 N–H and O–H groups in total. The van der Waals surface area contributed by atoms with Gasteiger partial charge in [0.25, 0.3) is 0 Å². The summed E-state index contributed by atoms with van der Waals surface area (Å²) in [4.78, 5) is 13.8. The summed E-state index contributed by atoms with van der Waals surface area (Å²) in [6.07, 6.45) is -5.94. The molecule has 3 nitrogen and oxygen atoms in total. The molecule has 1 fully saturated rings. The Morgan fingerprint density at radius 2 is 1.30 bits per heavy atom. The van der Waals surface area contributed by atoms with Crippen LogP contribution in [0.1, 0.15) is 35.1 Å². The van der Waals surface area contributed by atoms with Gasteiger partial charge >= 0.3 is 12.4 Å². The van der Waals surface area contributed by atoms with Gasteiger partial charge < -0.3 is 10.0 Å². The minimum absolute atomic E-state index is 0.311. The molecule has 3 rings (SSSR count). The van der Waals surface area contributed by atoms with Crippen LogP contribution in [0, 0.1) is 0 Å². The van der Waals surface area contributed by atoms with Gasteiger partial charge in [0.2, 0.25) is 5.91 Å². The van der Waals surface area contributed by atoms with E-state index < -0.39 is 46.6 Å². The van der Waals surface area contributed by atoms with E-state index in [0.29, 0.717) is 25.9 Å². The molecule has 0 aliphatic carbocycles. The second-order valence-corrected chi connectivity index (χ2v) is 7.58. The molecule has 33 heavy (non-hydrogen) atoms. The van der Waals surface area contributed by atoms with Crippen LogP contribution in [-0.4, -0.2) is 35.1 Å². The molecule has 1 aliphatic heterocycles. The Labute approximate surface area is 186 Å². The van der Waals surface area contributed by atoms with Crippen LogP contribution in [0.5, 0.6) is 0 Å². The summed E-state index contributed by atoms with van der Waals surface area (Å²) >= 11 is 0. The molecule has 0 atom stereocenters. The van der Waals surface area contributed by atoms with E-state index in [0.717, 1.165) is 54.6 Å². The first-order valence-electron chi connectivity index (χ1n) is 10.2. The fourth-order valence-corrected chi connectivity index (χ4v) is 3.67. The smallest absolute Gasteiger partial charge is 0.393 e. The molecule has 2 aromatic rings. The number of amides is 1. The van der Waals surface area contributed by atoms with Crippen molar-refractivity contribution in [2.75, 3.05) is 13.1 Å². The number of alkyl halides is 6. The predicted octanol–water partition coefficient (Wildman–Crippen LogP) is 5.70. The summed E-state index contributed by atoms with van der Waals surface area (Å²) < 4.78 is 81.8. The molecule has 2 aromatic carbocycles. The number of piperidine rings is 1. The highest BCUT2D eigenvalue weighted by atomic mass is 19.4. The van der Waals surface area contributed by atoms with E-state index in [1.165, 1.54) is 17.0 Å². The zero-order chi connectivity index (χ0) is 24.2. The number of hydrogen-bond acceptors (Lipinski definition) is 2. The van der Waals surface area contributed by atoms with Gasteiger partial charge in [-0.15, -0.1) is 0 Å². The molecular formula is C24H21F6NO2. The molecule has 0 bridgehead atoms. The lowest BCUT2D eigenvalue weighted by Crippen LogP contribution is -2.39. The van der Waals surface area contributed by atoms with Gasteiger partial charge in [0, 0.05) is 19.2 Å². The molecule has 9 heteroatoms. The number of nitrogens with zero attached hydrogens (tertiary/aromatic N) is 1. The Balaban J connectivity index is 2.08. The lowest BCUT2D eigenvalue weighted by molar-refractivity contribution is -0.138. The number of rotatable bonds is 4. The highest BCUT2D eigenvalue weighted by Gasteiger charge is 2.37. The van der Waals surface area contributed by atoms with Crippen LogP contribution in [-0.2, 0) is 17.1 Å². The molecule has 0 aromatic heterocycles. The molecular weight excluding hydrogens is 448 g/mol. The largest absolute Gasteiger partial charge is 0.417 e. The number of hydrogen-bond donors (Lipinski definition) is 1. The van der Waals surface area contributed by atoms with Crippen LogP contribution >= 0.6 is 0 Å². The van der Waals surface area contributed by atoms with Gasteiger partial charge in [-0.05, 0) is 41.7 Å². The Morgan fingerprint density at radius 3 is 1.76 bits per heavy atom. The number of benzene rings is 2. The third-order valence-electron chi connectivity index (χ3n) is 5.32. The minimum Gasteiger partial charge on any atom is -0.393 e. The van der Waals surface area contributed by atoms with Gasteiger partial charge in [-0.2, -0.15) is 26.3 Å². The van der Waals surface area contributed by atoms with Gasteiger partial charge in [-0.3, -0.25) is 4.79 Å². The first kappa shape index (κ1) is 24.6. The number of aliphatic hydroxyl groups is 1. The third-order valence-corrected chi connectivity index (χ3v) is 5.32. The summed E-state index contributed by atoms with van der Waals surface area (Å²) in [6, 6.07) is 8.73.